The van der Waals surface area contributed by atoms with E-state index in [1.807, 2.05) is 23.5 Å². The molecule has 2 aliphatic heterocycles. The smallest absolute Gasteiger partial charge is 0.0487 e. The normalized spacial score (nSPS) is 32.1. The summed E-state index contributed by atoms with van der Waals surface area (Å²) in [6, 6.07) is 7.66. The van der Waals surface area contributed by atoms with Crippen LogP contribution >= 0.6 is 23.5 Å². The summed E-state index contributed by atoms with van der Waals surface area (Å²) in [7, 11) is 2.26. The highest BCUT2D eigenvalue weighted by molar-refractivity contribution is 8.18. The third-order valence-electron chi connectivity index (χ3n) is 4.86. The van der Waals surface area contributed by atoms with Crippen LogP contribution in [0.1, 0.15) is 18.9 Å². The number of thioether (sulfide) groups is 2. The van der Waals surface area contributed by atoms with Crippen LogP contribution in [0.5, 0.6) is 0 Å². The summed E-state index contributed by atoms with van der Waals surface area (Å²) in [5.41, 5.74) is 3.09. The third-order valence-corrected chi connectivity index (χ3v) is 7.24. The summed E-state index contributed by atoms with van der Waals surface area (Å²) in [4.78, 5) is 5.45. The Kier molecular flexibility index (Phi) is 3.06. The number of rotatable bonds is 1. The Morgan fingerprint density at radius 1 is 1.25 bits per heavy atom. The van der Waals surface area contributed by atoms with Crippen LogP contribution in [0.25, 0.3) is 0 Å². The minimum Gasteiger partial charge on any atom is -0.299 e. The van der Waals surface area contributed by atoms with Crippen molar-refractivity contribution in [1.82, 2.24) is 4.90 Å². The second-order valence-corrected chi connectivity index (χ2v) is 8.43. The molecule has 1 fully saturated rings. The molecular formula is C17H19NS2. The zero-order valence-electron chi connectivity index (χ0n) is 11.9. The molecule has 3 aliphatic rings. The maximum absolute atomic E-state index is 2.50. The fraction of sp³-hybridized carbons (Fsp3) is 0.412. The van der Waals surface area contributed by atoms with Crippen molar-refractivity contribution in [2.45, 2.75) is 34.6 Å². The van der Waals surface area contributed by atoms with Gasteiger partial charge in [-0.05, 0) is 44.6 Å². The van der Waals surface area contributed by atoms with E-state index in [0.29, 0.717) is 6.04 Å². The van der Waals surface area contributed by atoms with Gasteiger partial charge in [0.2, 0.25) is 0 Å². The lowest BCUT2D eigenvalue weighted by Gasteiger charge is -2.36. The topological polar surface area (TPSA) is 3.24 Å². The molecule has 0 radical (unpaired) electrons. The lowest BCUT2D eigenvalue weighted by Crippen LogP contribution is -2.39. The highest BCUT2D eigenvalue weighted by Gasteiger charge is 2.45. The van der Waals surface area contributed by atoms with Gasteiger partial charge in [-0.1, -0.05) is 29.9 Å². The van der Waals surface area contributed by atoms with Gasteiger partial charge in [0, 0.05) is 26.3 Å². The zero-order chi connectivity index (χ0) is 13.7. The zero-order valence-corrected chi connectivity index (χ0v) is 13.6. The molecule has 1 aliphatic carbocycles. The minimum absolute atomic E-state index is 0.192. The van der Waals surface area contributed by atoms with Crippen molar-refractivity contribution in [3.05, 3.63) is 47.6 Å². The first-order valence-electron chi connectivity index (χ1n) is 7.17. The molecule has 0 saturated carbocycles. The standard InChI is InChI=1S/C17H19NS2/c1-12-5-6-17(7-8-18(2)16(17)9-12)13-3-4-14-15(10-13)20-11-19-14/h3-6,9-10,16H,7-8,11H2,1-2H3/t16-,17-/m0/s1. The summed E-state index contributed by atoms with van der Waals surface area (Å²) in [5.74, 6) is 0. The molecule has 1 aromatic rings. The van der Waals surface area contributed by atoms with Gasteiger partial charge in [-0.2, -0.15) is 0 Å². The minimum atomic E-state index is 0.192. The van der Waals surface area contributed by atoms with Gasteiger partial charge in [0.15, 0.2) is 0 Å². The molecule has 0 bridgehead atoms. The first-order chi connectivity index (χ1) is 9.69. The van der Waals surface area contributed by atoms with Gasteiger partial charge in [-0.3, -0.25) is 4.90 Å². The number of hydrogen-bond acceptors (Lipinski definition) is 3. The maximum atomic E-state index is 2.50. The second-order valence-electron chi connectivity index (χ2n) is 6.03. The van der Waals surface area contributed by atoms with Crippen molar-refractivity contribution < 1.29 is 0 Å². The van der Waals surface area contributed by atoms with E-state index in [-0.39, 0.29) is 5.41 Å². The summed E-state index contributed by atoms with van der Waals surface area (Å²) < 4.78 is 0. The highest BCUT2D eigenvalue weighted by Crippen LogP contribution is 2.48. The first-order valence-corrected chi connectivity index (χ1v) is 9.14. The third kappa shape index (κ3) is 1.83. The molecule has 0 unspecified atom stereocenters. The van der Waals surface area contributed by atoms with Crippen molar-refractivity contribution in [2.24, 2.45) is 0 Å². The van der Waals surface area contributed by atoms with E-state index in [4.69, 9.17) is 0 Å². The van der Waals surface area contributed by atoms with E-state index in [0.717, 1.165) is 0 Å². The molecule has 0 amide bonds. The predicted molar refractivity (Wildman–Crippen MR) is 88.6 cm³/mol. The van der Waals surface area contributed by atoms with Crippen molar-refractivity contribution in [2.75, 3.05) is 18.7 Å². The molecule has 104 valence electrons. The number of hydrogen-bond donors (Lipinski definition) is 0. The van der Waals surface area contributed by atoms with Crippen LogP contribution in [-0.2, 0) is 5.41 Å². The predicted octanol–water partition coefficient (Wildman–Crippen LogP) is 4.30. The number of nitrogens with zero attached hydrogens (tertiary/aromatic N) is 1. The maximum Gasteiger partial charge on any atom is 0.0487 e. The van der Waals surface area contributed by atoms with Crippen LogP contribution < -0.4 is 0 Å². The fourth-order valence-corrected chi connectivity index (χ4v) is 6.07. The lowest BCUT2D eigenvalue weighted by molar-refractivity contribution is 0.317. The van der Waals surface area contributed by atoms with Gasteiger partial charge < -0.3 is 0 Å². The number of likely N-dealkylation sites (tertiary alicyclic amines) is 1. The lowest BCUT2D eigenvalue weighted by atomic mass is 9.71. The molecular weight excluding hydrogens is 282 g/mol. The molecule has 0 N–H and O–H groups in total. The van der Waals surface area contributed by atoms with Crippen LogP contribution in [0.3, 0.4) is 0 Å². The average Bonchev–Trinajstić information content (AvgIpc) is 3.04. The number of likely N-dealkylation sites (N-methyl/N-ethyl adjacent to an activating group) is 1. The number of fused-ring (bicyclic) bond motifs is 2. The Morgan fingerprint density at radius 3 is 3.00 bits per heavy atom. The fourth-order valence-electron chi connectivity index (χ4n) is 3.68. The van der Waals surface area contributed by atoms with Crippen molar-refractivity contribution in [3.8, 4) is 0 Å². The van der Waals surface area contributed by atoms with Crippen molar-refractivity contribution in [3.63, 3.8) is 0 Å². The molecule has 1 saturated heterocycles. The van der Waals surface area contributed by atoms with Crippen LogP contribution in [0.15, 0.2) is 51.8 Å². The van der Waals surface area contributed by atoms with Gasteiger partial charge in [0.1, 0.15) is 0 Å². The van der Waals surface area contributed by atoms with E-state index in [2.05, 4.69) is 55.3 Å². The molecule has 2 atom stereocenters. The van der Waals surface area contributed by atoms with Crippen LogP contribution in [0, 0.1) is 0 Å². The average molecular weight is 301 g/mol. The Hall–Kier alpha value is -0.640. The van der Waals surface area contributed by atoms with Gasteiger partial charge in [-0.15, -0.1) is 23.5 Å². The van der Waals surface area contributed by atoms with Crippen LogP contribution in [-0.4, -0.2) is 29.6 Å². The molecule has 0 spiro atoms. The summed E-state index contributed by atoms with van der Waals surface area (Å²) in [5, 5.41) is 1.17. The summed E-state index contributed by atoms with van der Waals surface area (Å²) >= 11 is 3.96. The van der Waals surface area contributed by atoms with Crippen molar-refractivity contribution in [1.29, 1.82) is 0 Å². The van der Waals surface area contributed by atoms with E-state index < -0.39 is 0 Å². The SMILES string of the molecule is CC1=C[C@@H]2N(C)CC[C@]2(c2ccc3c(c2)SCS3)C=C1. The summed E-state index contributed by atoms with van der Waals surface area (Å²) in [6.45, 7) is 3.39. The Morgan fingerprint density at radius 2 is 2.10 bits per heavy atom. The number of benzene rings is 1. The van der Waals surface area contributed by atoms with E-state index in [9.17, 15) is 0 Å². The molecule has 20 heavy (non-hydrogen) atoms. The molecule has 1 nitrogen and oxygen atoms in total. The largest absolute Gasteiger partial charge is 0.299 e. The van der Waals surface area contributed by atoms with Crippen LogP contribution in [0.2, 0.25) is 0 Å². The van der Waals surface area contributed by atoms with E-state index in [1.165, 1.54) is 39.0 Å². The number of allylic oxidation sites excluding steroid dienone is 2. The highest BCUT2D eigenvalue weighted by atomic mass is 32.2. The molecule has 2 heterocycles. The van der Waals surface area contributed by atoms with E-state index in [1.54, 1.807) is 0 Å². The van der Waals surface area contributed by atoms with Crippen LogP contribution in [0.4, 0.5) is 0 Å². The van der Waals surface area contributed by atoms with Gasteiger partial charge in [0.05, 0.1) is 0 Å². The van der Waals surface area contributed by atoms with Gasteiger partial charge in [-0.25, -0.2) is 0 Å². The molecule has 0 aromatic heterocycles. The van der Waals surface area contributed by atoms with Crippen molar-refractivity contribution >= 4 is 23.5 Å². The Balaban J connectivity index is 1.82. The first kappa shape index (κ1) is 13.1. The molecule has 1 aromatic carbocycles. The van der Waals surface area contributed by atoms with Gasteiger partial charge in [0.25, 0.3) is 0 Å². The quantitative estimate of drug-likeness (QED) is 0.761. The summed E-state index contributed by atoms with van der Waals surface area (Å²) in [6.07, 6.45) is 8.45. The molecule has 3 heteroatoms. The Bertz CT molecular complexity index is 619. The van der Waals surface area contributed by atoms with E-state index >= 15 is 0 Å². The Labute approximate surface area is 129 Å². The van der Waals surface area contributed by atoms with Gasteiger partial charge >= 0.3 is 0 Å². The second kappa shape index (κ2) is 4.69. The monoisotopic (exact) mass is 301 g/mol. The molecule has 4 rings (SSSR count).